The van der Waals surface area contributed by atoms with Gasteiger partial charge in [0.1, 0.15) is 5.78 Å². The van der Waals surface area contributed by atoms with Crippen molar-refractivity contribution in [1.29, 1.82) is 0 Å². The maximum atomic E-state index is 11.6. The molecule has 0 bridgehead atoms. The molecule has 2 N–H and O–H groups in total. The second kappa shape index (κ2) is 5.66. The van der Waals surface area contributed by atoms with Crippen molar-refractivity contribution < 1.29 is 4.79 Å². The number of Topliss-reactive ketones (excluding diaryl/α,β-unsaturated/α-hetero) is 1. The van der Waals surface area contributed by atoms with Gasteiger partial charge in [0, 0.05) is 25.4 Å². The minimum atomic E-state index is -0.289. The van der Waals surface area contributed by atoms with Crippen LogP contribution in [0, 0.1) is 0 Å². The zero-order valence-corrected chi connectivity index (χ0v) is 9.44. The number of nitrogens with two attached hydrogens (primary N) is 1. The van der Waals surface area contributed by atoms with Gasteiger partial charge in [-0.1, -0.05) is 13.3 Å². The van der Waals surface area contributed by atoms with Crippen LogP contribution in [0.5, 0.6) is 0 Å². The van der Waals surface area contributed by atoms with Gasteiger partial charge in [-0.05, 0) is 18.9 Å². The van der Waals surface area contributed by atoms with Crippen molar-refractivity contribution in [1.82, 2.24) is 9.78 Å². The van der Waals surface area contributed by atoms with Gasteiger partial charge in [0.2, 0.25) is 0 Å². The standard InChI is InChI=1S/C11H19N3O/c1-3-4-10(12)11(15)6-5-9-7-8-13-14(9)2/h7-8,10H,3-6,12H2,1-2H3. The van der Waals surface area contributed by atoms with E-state index in [4.69, 9.17) is 5.73 Å². The minimum Gasteiger partial charge on any atom is -0.322 e. The lowest BCUT2D eigenvalue weighted by atomic mass is 10.0. The van der Waals surface area contributed by atoms with Crippen LogP contribution < -0.4 is 5.73 Å². The average Bonchev–Trinajstić information content (AvgIpc) is 2.61. The Kier molecular flexibility index (Phi) is 4.49. The van der Waals surface area contributed by atoms with Crippen LogP contribution in [0.15, 0.2) is 12.3 Å². The van der Waals surface area contributed by atoms with E-state index in [1.165, 1.54) is 0 Å². The van der Waals surface area contributed by atoms with Gasteiger partial charge in [-0.25, -0.2) is 0 Å². The number of aryl methyl sites for hydroxylation is 2. The molecule has 1 aromatic heterocycles. The maximum Gasteiger partial charge on any atom is 0.149 e. The van der Waals surface area contributed by atoms with E-state index >= 15 is 0 Å². The third-order valence-electron chi connectivity index (χ3n) is 2.56. The lowest BCUT2D eigenvalue weighted by Gasteiger charge is -2.08. The van der Waals surface area contributed by atoms with Crippen molar-refractivity contribution in [2.75, 3.05) is 0 Å². The first-order valence-electron chi connectivity index (χ1n) is 5.40. The third-order valence-corrected chi connectivity index (χ3v) is 2.56. The molecule has 0 aromatic carbocycles. The van der Waals surface area contributed by atoms with Crippen LogP contribution in [-0.2, 0) is 18.3 Å². The monoisotopic (exact) mass is 209 g/mol. The zero-order valence-electron chi connectivity index (χ0n) is 9.44. The second-order valence-electron chi connectivity index (χ2n) is 3.81. The molecule has 1 atom stereocenters. The number of carbonyl (C=O) groups is 1. The number of hydrogen-bond acceptors (Lipinski definition) is 3. The smallest absolute Gasteiger partial charge is 0.149 e. The van der Waals surface area contributed by atoms with Crippen LogP contribution in [-0.4, -0.2) is 21.6 Å². The van der Waals surface area contributed by atoms with Gasteiger partial charge in [-0.15, -0.1) is 0 Å². The molecular weight excluding hydrogens is 190 g/mol. The maximum absolute atomic E-state index is 11.6. The van der Waals surface area contributed by atoms with Crippen LogP contribution >= 0.6 is 0 Å². The SMILES string of the molecule is CCCC(N)C(=O)CCc1ccnn1C. The largest absolute Gasteiger partial charge is 0.322 e. The summed E-state index contributed by atoms with van der Waals surface area (Å²) in [7, 11) is 1.88. The molecule has 84 valence electrons. The molecule has 4 heteroatoms. The summed E-state index contributed by atoms with van der Waals surface area (Å²) in [6, 6.07) is 1.64. The number of ketones is 1. The molecule has 0 saturated carbocycles. The van der Waals surface area contributed by atoms with E-state index in [1.54, 1.807) is 10.9 Å². The lowest BCUT2D eigenvalue weighted by molar-refractivity contribution is -0.120. The molecule has 1 heterocycles. The molecule has 0 fully saturated rings. The summed E-state index contributed by atoms with van der Waals surface area (Å²) in [5.74, 6) is 0.151. The van der Waals surface area contributed by atoms with Crippen molar-refractivity contribution in [3.05, 3.63) is 18.0 Å². The third kappa shape index (κ3) is 3.47. The van der Waals surface area contributed by atoms with E-state index in [0.717, 1.165) is 25.0 Å². The highest BCUT2D eigenvalue weighted by molar-refractivity contribution is 5.83. The van der Waals surface area contributed by atoms with Crippen LogP contribution in [0.25, 0.3) is 0 Å². The second-order valence-corrected chi connectivity index (χ2v) is 3.81. The van der Waals surface area contributed by atoms with Gasteiger partial charge in [0.25, 0.3) is 0 Å². The summed E-state index contributed by atoms with van der Waals surface area (Å²) in [6.07, 6.45) is 4.72. The highest BCUT2D eigenvalue weighted by Crippen LogP contribution is 2.04. The Labute approximate surface area is 90.5 Å². The van der Waals surface area contributed by atoms with Gasteiger partial charge in [0.15, 0.2) is 0 Å². The number of hydrogen-bond donors (Lipinski definition) is 1. The minimum absolute atomic E-state index is 0.151. The first kappa shape index (κ1) is 11.9. The van der Waals surface area contributed by atoms with Gasteiger partial charge in [-0.3, -0.25) is 9.48 Å². The fourth-order valence-corrected chi connectivity index (χ4v) is 1.56. The fourth-order valence-electron chi connectivity index (χ4n) is 1.56. The van der Waals surface area contributed by atoms with E-state index in [1.807, 2.05) is 20.0 Å². The highest BCUT2D eigenvalue weighted by Gasteiger charge is 2.12. The molecule has 1 aromatic rings. The van der Waals surface area contributed by atoms with Crippen LogP contribution in [0.4, 0.5) is 0 Å². The molecule has 0 aliphatic heterocycles. The Bertz CT molecular complexity index is 319. The van der Waals surface area contributed by atoms with Crippen molar-refractivity contribution in [2.24, 2.45) is 12.8 Å². The molecule has 0 radical (unpaired) electrons. The van der Waals surface area contributed by atoms with Gasteiger partial charge < -0.3 is 5.73 Å². The molecule has 1 rings (SSSR count). The van der Waals surface area contributed by atoms with Gasteiger partial charge in [0.05, 0.1) is 6.04 Å². The fraction of sp³-hybridized carbons (Fsp3) is 0.636. The number of carbonyl (C=O) groups excluding carboxylic acids is 1. The van der Waals surface area contributed by atoms with Crippen LogP contribution in [0.3, 0.4) is 0 Å². The predicted molar refractivity (Wildman–Crippen MR) is 59.4 cm³/mol. The van der Waals surface area contributed by atoms with Gasteiger partial charge in [-0.2, -0.15) is 5.10 Å². The molecule has 0 amide bonds. The number of nitrogens with zero attached hydrogens (tertiary/aromatic N) is 2. The summed E-state index contributed by atoms with van der Waals surface area (Å²) in [6.45, 7) is 2.04. The summed E-state index contributed by atoms with van der Waals surface area (Å²) in [4.78, 5) is 11.6. The average molecular weight is 209 g/mol. The van der Waals surface area contributed by atoms with E-state index in [9.17, 15) is 4.79 Å². The Morgan fingerprint density at radius 3 is 2.93 bits per heavy atom. The Morgan fingerprint density at radius 1 is 1.67 bits per heavy atom. The predicted octanol–water partition coefficient (Wildman–Crippen LogP) is 1.05. The topological polar surface area (TPSA) is 60.9 Å². The summed E-state index contributed by atoms with van der Waals surface area (Å²) >= 11 is 0. The van der Waals surface area contributed by atoms with E-state index in [0.29, 0.717) is 6.42 Å². The van der Waals surface area contributed by atoms with Crippen LogP contribution in [0.1, 0.15) is 31.9 Å². The molecule has 4 nitrogen and oxygen atoms in total. The van der Waals surface area contributed by atoms with Crippen molar-refractivity contribution in [3.63, 3.8) is 0 Å². The molecule has 0 saturated heterocycles. The molecule has 0 spiro atoms. The van der Waals surface area contributed by atoms with Crippen molar-refractivity contribution in [2.45, 2.75) is 38.6 Å². The Hall–Kier alpha value is -1.16. The van der Waals surface area contributed by atoms with Gasteiger partial charge >= 0.3 is 0 Å². The van der Waals surface area contributed by atoms with Crippen molar-refractivity contribution >= 4 is 5.78 Å². The quantitative estimate of drug-likeness (QED) is 0.761. The molecule has 1 unspecified atom stereocenters. The lowest BCUT2D eigenvalue weighted by Crippen LogP contribution is -2.30. The van der Waals surface area contributed by atoms with E-state index in [-0.39, 0.29) is 11.8 Å². The molecule has 0 aliphatic carbocycles. The molecule has 15 heavy (non-hydrogen) atoms. The normalized spacial score (nSPS) is 12.7. The highest BCUT2D eigenvalue weighted by atomic mass is 16.1. The number of rotatable bonds is 6. The van der Waals surface area contributed by atoms with E-state index in [2.05, 4.69) is 5.10 Å². The Balaban J connectivity index is 2.37. The first-order valence-corrected chi connectivity index (χ1v) is 5.40. The Morgan fingerprint density at radius 2 is 2.40 bits per heavy atom. The zero-order chi connectivity index (χ0) is 11.3. The molecule has 0 aliphatic rings. The summed E-state index contributed by atoms with van der Waals surface area (Å²) in [5, 5.41) is 4.05. The van der Waals surface area contributed by atoms with E-state index < -0.39 is 0 Å². The van der Waals surface area contributed by atoms with Crippen LogP contribution in [0.2, 0.25) is 0 Å². The molecular formula is C11H19N3O. The van der Waals surface area contributed by atoms with Crippen molar-refractivity contribution in [3.8, 4) is 0 Å². The summed E-state index contributed by atoms with van der Waals surface area (Å²) in [5.41, 5.74) is 6.81. The summed E-state index contributed by atoms with van der Waals surface area (Å²) < 4.78 is 1.79. The first-order chi connectivity index (χ1) is 7.15. The number of aromatic nitrogens is 2.